The summed E-state index contributed by atoms with van der Waals surface area (Å²) < 4.78 is 39.6. The number of aliphatic hydroxyl groups excluding tert-OH is 11. The molecule has 20 atom stereocenters. The summed E-state index contributed by atoms with van der Waals surface area (Å²) in [5.74, 6) is -4.38. The van der Waals surface area contributed by atoms with Gasteiger partial charge >= 0.3 is 0 Å². The van der Waals surface area contributed by atoms with Crippen molar-refractivity contribution in [3.05, 3.63) is 0 Å². The van der Waals surface area contributed by atoms with E-state index in [9.17, 15) is 99.3 Å². The smallest absolute Gasteiger partial charge is 0.249 e. The molecular formula is C68H121N9O27. The van der Waals surface area contributed by atoms with Crippen molar-refractivity contribution in [2.45, 2.75) is 304 Å². The van der Waals surface area contributed by atoms with Crippen molar-refractivity contribution in [1.29, 1.82) is 0 Å². The van der Waals surface area contributed by atoms with Gasteiger partial charge in [-0.2, -0.15) is 0 Å². The van der Waals surface area contributed by atoms with Gasteiger partial charge in [0.2, 0.25) is 53.2 Å². The number of amides is 9. The summed E-state index contributed by atoms with van der Waals surface area (Å²) in [6.07, 6.45) is -6.45. The number of carbonyl (C=O) groups is 9. The lowest BCUT2D eigenvalue weighted by Gasteiger charge is -2.42. The summed E-state index contributed by atoms with van der Waals surface area (Å²) in [4.78, 5) is 116. The Bertz CT molecular complexity index is 2540. The van der Waals surface area contributed by atoms with Gasteiger partial charge in [-0.05, 0) is 64.2 Å². The predicted octanol–water partition coefficient (Wildman–Crippen LogP) is -4.83. The van der Waals surface area contributed by atoms with Crippen molar-refractivity contribution >= 4 is 53.2 Å². The molecule has 0 saturated carbocycles. The number of hydrogen-bond donors (Lipinski definition) is 20. The number of hydrogen-bond acceptors (Lipinski definition) is 27. The van der Waals surface area contributed by atoms with Gasteiger partial charge in [0.1, 0.15) is 97.4 Å². The van der Waals surface area contributed by atoms with Crippen LogP contribution in [0, 0.1) is 0 Å². The van der Waals surface area contributed by atoms with Gasteiger partial charge in [0.15, 0.2) is 18.9 Å². The molecular weight excluding hydrogens is 1370 g/mol. The average molecular weight is 1500 g/mol. The third-order valence-electron chi connectivity index (χ3n) is 18.4. The van der Waals surface area contributed by atoms with E-state index in [-0.39, 0.29) is 90.5 Å². The highest BCUT2D eigenvalue weighted by atomic mass is 16.7. The Morgan fingerprint density at radius 1 is 0.365 bits per heavy atom. The second-order valence-electron chi connectivity index (χ2n) is 27.1. The summed E-state index contributed by atoms with van der Waals surface area (Å²) in [5.41, 5.74) is 0. The van der Waals surface area contributed by atoms with Crippen LogP contribution in [0.2, 0.25) is 0 Å². The van der Waals surface area contributed by atoms with E-state index >= 15 is 0 Å². The van der Waals surface area contributed by atoms with Gasteiger partial charge in [-0.15, -0.1) is 0 Å². The minimum absolute atomic E-state index is 0.0907. The standard InChI is InChI=1S/C68H121N9O27/c1-40(82)73-54-60(92)57(89)48(37-79)102-66(54)98-32-20-12-9-16-28-69-51(86)26-24-43(63(95)70-29-18-10-13-21-33-99-67-55(74-41(2)83)61(93)58(90)49(38-80)103-67)77-53(88)27-25-44(76-52(87)23-15-7-5-4-6-8-17-31-72-65(97)46-35-45(85)47(36-78)101-46)64(96)71-30-19-11-14-22-34-100-68-56(75-42(3)84)62(94)59(91)50(39-81)104-68/h43-50,54-62,66-68,78-81,85,89-94H,4-39H2,1-3H3,(H,69,86)(H,70,95)(H,71,96)(H,72,97)(H,73,82)(H,74,83)(H,75,84)(H,76,87)(H,77,88)/t43?,44?,45-,46+,47+,48+,49+,50+,54?,55?,56?,57?,58?,59?,60?,61?,62?,66?,67?,68?/m0/s1. The third-order valence-corrected chi connectivity index (χ3v) is 18.4. The van der Waals surface area contributed by atoms with Gasteiger partial charge < -0.3 is 137 Å². The van der Waals surface area contributed by atoms with Gasteiger partial charge in [0.25, 0.3) is 0 Å². The van der Waals surface area contributed by atoms with Gasteiger partial charge in [-0.1, -0.05) is 70.6 Å². The maximum Gasteiger partial charge on any atom is 0.249 e. The lowest BCUT2D eigenvalue weighted by Crippen LogP contribution is -2.64. The molecule has 20 N–H and O–H groups in total. The molecule has 0 radical (unpaired) electrons. The minimum atomic E-state index is -1.47. The van der Waals surface area contributed by atoms with Crippen LogP contribution in [0.1, 0.15) is 181 Å². The largest absolute Gasteiger partial charge is 0.394 e. The Kier molecular flexibility index (Phi) is 44.5. The molecule has 36 heteroatoms. The maximum absolute atomic E-state index is 13.9. The summed E-state index contributed by atoms with van der Waals surface area (Å²) in [6, 6.07) is -5.63. The first kappa shape index (κ1) is 90.9. The lowest BCUT2D eigenvalue weighted by molar-refractivity contribution is -0.270. The summed E-state index contributed by atoms with van der Waals surface area (Å²) in [5, 5.41) is 135. The molecule has 0 bridgehead atoms. The van der Waals surface area contributed by atoms with Crippen molar-refractivity contribution in [3.63, 3.8) is 0 Å². The maximum atomic E-state index is 13.9. The van der Waals surface area contributed by atoms with Gasteiger partial charge in [-0.25, -0.2) is 0 Å². The molecule has 36 nitrogen and oxygen atoms in total. The number of rotatable bonds is 52. The molecule has 0 aliphatic carbocycles. The number of nitrogens with one attached hydrogen (secondary N) is 9. The fraction of sp³-hybridized carbons (Fsp3) is 0.868. The molecule has 0 aromatic carbocycles. The molecule has 14 unspecified atom stereocenters. The molecule has 0 aromatic heterocycles. The highest BCUT2D eigenvalue weighted by Crippen LogP contribution is 2.27. The molecule has 4 heterocycles. The third kappa shape index (κ3) is 33.3. The zero-order valence-electron chi connectivity index (χ0n) is 60.5. The highest BCUT2D eigenvalue weighted by Gasteiger charge is 2.48. The molecule has 0 spiro atoms. The quantitative estimate of drug-likeness (QED) is 0.0254. The van der Waals surface area contributed by atoms with Crippen molar-refractivity contribution in [1.82, 2.24) is 47.9 Å². The lowest BCUT2D eigenvalue weighted by atomic mass is 9.97. The first-order valence-electron chi connectivity index (χ1n) is 37.0. The van der Waals surface area contributed by atoms with Crippen molar-refractivity contribution in [3.8, 4) is 0 Å². The Morgan fingerprint density at radius 3 is 1.04 bits per heavy atom. The van der Waals surface area contributed by atoms with Crippen LogP contribution in [-0.2, 0) is 76.3 Å². The first-order valence-corrected chi connectivity index (χ1v) is 37.0. The van der Waals surface area contributed by atoms with Crippen LogP contribution in [0.15, 0.2) is 0 Å². The molecule has 600 valence electrons. The number of aliphatic hydroxyl groups is 11. The highest BCUT2D eigenvalue weighted by molar-refractivity contribution is 5.90. The Labute approximate surface area is 607 Å². The minimum Gasteiger partial charge on any atom is -0.394 e. The van der Waals surface area contributed by atoms with E-state index in [1.165, 1.54) is 20.8 Å². The van der Waals surface area contributed by atoms with E-state index in [2.05, 4.69) is 47.9 Å². The Morgan fingerprint density at radius 2 is 0.683 bits per heavy atom. The van der Waals surface area contributed by atoms with Crippen LogP contribution in [0.25, 0.3) is 0 Å². The van der Waals surface area contributed by atoms with Gasteiger partial charge in [0, 0.05) is 92.5 Å². The molecule has 4 aliphatic rings. The van der Waals surface area contributed by atoms with Gasteiger partial charge in [-0.3, -0.25) is 43.2 Å². The number of unbranched alkanes of at least 4 members (excludes halogenated alkanes) is 15. The summed E-state index contributed by atoms with van der Waals surface area (Å²) in [7, 11) is 0. The second kappa shape index (κ2) is 51.0. The van der Waals surface area contributed by atoms with Crippen LogP contribution in [0.4, 0.5) is 0 Å². The fourth-order valence-electron chi connectivity index (χ4n) is 12.5. The van der Waals surface area contributed by atoms with E-state index in [0.29, 0.717) is 96.4 Å². The van der Waals surface area contributed by atoms with Gasteiger partial charge in [0.05, 0.1) is 32.5 Å². The van der Waals surface area contributed by atoms with Crippen molar-refractivity contribution in [2.75, 3.05) is 72.4 Å². The SMILES string of the molecule is CC(=O)NC1C(OCCCCCCNC(=O)CCC(NC(=O)CCC(NC(=O)CCCCCCCCCNC(=O)[C@H]2C[C@H](O)[C@@H](CO)O2)C(=O)NCCCCCCOC2O[C@H](CO)C(O)C(O)C2NC(C)=O)C(=O)NCCCCCCOC2O[C@H](CO)C(O)C(O)C2NC(C)=O)O[C@H](CO)C(O)C1O. The number of ether oxygens (including phenoxy) is 7. The molecule has 0 aromatic rings. The Hall–Kier alpha value is -5.49. The van der Waals surface area contributed by atoms with Crippen LogP contribution in [0.3, 0.4) is 0 Å². The zero-order chi connectivity index (χ0) is 76.5. The van der Waals surface area contributed by atoms with Crippen molar-refractivity contribution < 1.29 is 132 Å². The van der Waals surface area contributed by atoms with E-state index in [0.717, 1.165) is 32.1 Å². The molecule has 4 fully saturated rings. The first-order chi connectivity index (χ1) is 49.8. The predicted molar refractivity (Wildman–Crippen MR) is 367 cm³/mol. The van der Waals surface area contributed by atoms with E-state index < -0.39 is 189 Å². The van der Waals surface area contributed by atoms with E-state index in [4.69, 9.17) is 33.2 Å². The fourth-order valence-corrected chi connectivity index (χ4v) is 12.5. The second-order valence-corrected chi connectivity index (χ2v) is 27.1. The van der Waals surface area contributed by atoms with Crippen LogP contribution in [0.5, 0.6) is 0 Å². The molecule has 9 amide bonds. The van der Waals surface area contributed by atoms with Crippen LogP contribution >= 0.6 is 0 Å². The van der Waals surface area contributed by atoms with Crippen LogP contribution in [-0.4, -0.2) is 304 Å². The normalized spacial score (nSPS) is 28.1. The van der Waals surface area contributed by atoms with E-state index in [1.807, 2.05) is 0 Å². The monoisotopic (exact) mass is 1500 g/mol. The molecule has 4 saturated heterocycles. The summed E-state index contributed by atoms with van der Waals surface area (Å²) >= 11 is 0. The molecule has 4 aliphatic heterocycles. The Balaban J connectivity index is 1.31. The summed E-state index contributed by atoms with van der Waals surface area (Å²) in [6.45, 7) is 3.04. The molecule has 4 rings (SSSR count). The van der Waals surface area contributed by atoms with Crippen molar-refractivity contribution in [2.24, 2.45) is 0 Å². The zero-order valence-corrected chi connectivity index (χ0v) is 60.5. The van der Waals surface area contributed by atoms with Crippen LogP contribution < -0.4 is 47.9 Å². The van der Waals surface area contributed by atoms with E-state index in [1.54, 1.807) is 0 Å². The average Bonchev–Trinajstić information content (AvgIpc) is 1.09. The topological polar surface area (TPSA) is 549 Å². The molecule has 104 heavy (non-hydrogen) atoms. The number of carbonyl (C=O) groups excluding carboxylic acids is 9.